The molecule has 1 fully saturated rings. The number of hydrogen-bond donors (Lipinski definition) is 0. The molecule has 2 aliphatic rings. The van der Waals surface area contributed by atoms with Gasteiger partial charge in [-0.05, 0) is 18.3 Å². The van der Waals surface area contributed by atoms with Gasteiger partial charge < -0.3 is 0 Å². The van der Waals surface area contributed by atoms with Crippen LogP contribution in [-0.4, -0.2) is 0 Å². The van der Waals surface area contributed by atoms with Gasteiger partial charge in [-0.2, -0.15) is 0 Å². The summed E-state index contributed by atoms with van der Waals surface area (Å²) < 4.78 is 0. The highest BCUT2D eigenvalue weighted by Gasteiger charge is 2.46. The normalized spacial score (nSPS) is 31.0. The van der Waals surface area contributed by atoms with E-state index in [1.165, 1.54) is 12.8 Å². The molecule has 54 valence electrons. The van der Waals surface area contributed by atoms with Crippen LogP contribution in [0.5, 0.6) is 0 Å². The van der Waals surface area contributed by atoms with Gasteiger partial charge in [0.05, 0.1) is 0 Å². The van der Waals surface area contributed by atoms with E-state index in [4.69, 9.17) is 0 Å². The first-order chi connectivity index (χ1) is 4.62. The minimum atomic E-state index is 0.490. The van der Waals surface area contributed by atoms with Crippen molar-refractivity contribution in [3.8, 4) is 0 Å². The van der Waals surface area contributed by atoms with Crippen molar-refractivity contribution in [2.75, 3.05) is 0 Å². The van der Waals surface area contributed by atoms with Gasteiger partial charge >= 0.3 is 0 Å². The van der Waals surface area contributed by atoms with E-state index in [2.05, 4.69) is 38.2 Å². The van der Waals surface area contributed by atoms with E-state index in [0.717, 1.165) is 0 Å². The molecule has 0 atom stereocenters. The average molecular weight is 134 g/mol. The van der Waals surface area contributed by atoms with Crippen molar-refractivity contribution in [3.05, 3.63) is 24.3 Å². The molecule has 0 N–H and O–H groups in total. The number of allylic oxidation sites excluding steroid dienone is 4. The van der Waals surface area contributed by atoms with Crippen molar-refractivity contribution >= 4 is 0 Å². The van der Waals surface area contributed by atoms with Gasteiger partial charge in [0.15, 0.2) is 0 Å². The SMILES string of the molecule is CC1(C)CC2(C=CC=C2)C1. The maximum Gasteiger partial charge on any atom is 0.00773 e. The summed E-state index contributed by atoms with van der Waals surface area (Å²) in [6, 6.07) is 0. The second-order valence-corrected chi connectivity index (χ2v) is 4.47. The zero-order valence-electron chi connectivity index (χ0n) is 6.72. The Balaban J connectivity index is 2.13. The van der Waals surface area contributed by atoms with Crippen molar-refractivity contribution in [2.45, 2.75) is 26.7 Å². The van der Waals surface area contributed by atoms with E-state index >= 15 is 0 Å². The zero-order valence-corrected chi connectivity index (χ0v) is 6.72. The fraction of sp³-hybridized carbons (Fsp3) is 0.600. The van der Waals surface area contributed by atoms with Gasteiger partial charge in [0, 0.05) is 5.41 Å². The molecule has 0 radical (unpaired) electrons. The molecule has 0 aliphatic heterocycles. The van der Waals surface area contributed by atoms with Gasteiger partial charge in [0.25, 0.3) is 0 Å². The molecule has 0 unspecified atom stereocenters. The fourth-order valence-corrected chi connectivity index (χ4v) is 2.52. The summed E-state index contributed by atoms with van der Waals surface area (Å²) in [4.78, 5) is 0. The van der Waals surface area contributed by atoms with Crippen molar-refractivity contribution in [1.82, 2.24) is 0 Å². The Labute approximate surface area is 62.6 Å². The summed E-state index contributed by atoms with van der Waals surface area (Å²) in [5, 5.41) is 0. The highest BCUT2D eigenvalue weighted by molar-refractivity contribution is 5.29. The second-order valence-electron chi connectivity index (χ2n) is 4.47. The minimum absolute atomic E-state index is 0.490. The van der Waals surface area contributed by atoms with E-state index in [1.54, 1.807) is 0 Å². The smallest absolute Gasteiger partial charge is 0.00773 e. The maximum absolute atomic E-state index is 2.35. The molecule has 0 aromatic heterocycles. The van der Waals surface area contributed by atoms with Crippen LogP contribution in [0.3, 0.4) is 0 Å². The van der Waals surface area contributed by atoms with Gasteiger partial charge in [0.1, 0.15) is 0 Å². The molecule has 2 aliphatic carbocycles. The van der Waals surface area contributed by atoms with Crippen LogP contribution in [0.25, 0.3) is 0 Å². The summed E-state index contributed by atoms with van der Waals surface area (Å²) in [6.45, 7) is 4.69. The van der Waals surface area contributed by atoms with Crippen molar-refractivity contribution in [1.29, 1.82) is 0 Å². The Bertz CT molecular complexity index is 184. The van der Waals surface area contributed by atoms with Crippen LogP contribution in [0.15, 0.2) is 24.3 Å². The molecule has 0 heterocycles. The van der Waals surface area contributed by atoms with Gasteiger partial charge in [0.2, 0.25) is 0 Å². The Morgan fingerprint density at radius 2 is 1.50 bits per heavy atom. The monoisotopic (exact) mass is 134 g/mol. The Morgan fingerprint density at radius 1 is 1.00 bits per heavy atom. The zero-order chi connectivity index (χ0) is 7.24. The molecule has 0 aromatic carbocycles. The first-order valence-corrected chi connectivity index (χ1v) is 3.99. The highest BCUT2D eigenvalue weighted by atomic mass is 14.5. The largest absolute Gasteiger partial charge is 0.0745 e. The third kappa shape index (κ3) is 0.749. The van der Waals surface area contributed by atoms with E-state index in [1.807, 2.05) is 0 Å². The Hall–Kier alpha value is -0.520. The lowest BCUT2D eigenvalue weighted by Crippen LogP contribution is -2.39. The van der Waals surface area contributed by atoms with Crippen LogP contribution in [-0.2, 0) is 0 Å². The van der Waals surface area contributed by atoms with Crippen LogP contribution in [0.1, 0.15) is 26.7 Å². The molecule has 0 saturated heterocycles. The van der Waals surface area contributed by atoms with Crippen molar-refractivity contribution in [3.63, 3.8) is 0 Å². The quantitative estimate of drug-likeness (QED) is 0.478. The van der Waals surface area contributed by atoms with Crippen molar-refractivity contribution in [2.24, 2.45) is 10.8 Å². The van der Waals surface area contributed by atoms with Gasteiger partial charge in [-0.25, -0.2) is 0 Å². The van der Waals surface area contributed by atoms with Crippen LogP contribution in [0.2, 0.25) is 0 Å². The lowest BCUT2D eigenvalue weighted by Gasteiger charge is -2.49. The third-order valence-corrected chi connectivity index (χ3v) is 2.58. The van der Waals surface area contributed by atoms with E-state index in [9.17, 15) is 0 Å². The molecule has 0 aromatic rings. The van der Waals surface area contributed by atoms with E-state index in [0.29, 0.717) is 10.8 Å². The number of rotatable bonds is 0. The van der Waals surface area contributed by atoms with Gasteiger partial charge in [-0.3, -0.25) is 0 Å². The molecular weight excluding hydrogens is 120 g/mol. The summed E-state index contributed by atoms with van der Waals surface area (Å²) in [7, 11) is 0. The summed E-state index contributed by atoms with van der Waals surface area (Å²) >= 11 is 0. The molecule has 0 amide bonds. The van der Waals surface area contributed by atoms with Gasteiger partial charge in [-0.15, -0.1) is 0 Å². The van der Waals surface area contributed by atoms with E-state index < -0.39 is 0 Å². The lowest BCUT2D eigenvalue weighted by molar-refractivity contribution is 0.0718. The summed E-state index contributed by atoms with van der Waals surface area (Å²) in [5.74, 6) is 0. The molecule has 10 heavy (non-hydrogen) atoms. The van der Waals surface area contributed by atoms with Crippen molar-refractivity contribution < 1.29 is 0 Å². The number of hydrogen-bond acceptors (Lipinski definition) is 0. The fourth-order valence-electron chi connectivity index (χ4n) is 2.52. The van der Waals surface area contributed by atoms with E-state index in [-0.39, 0.29) is 0 Å². The standard InChI is InChI=1S/C10H14/c1-9(2)7-10(8-9)5-3-4-6-10/h3-6H,7-8H2,1-2H3. The molecule has 0 nitrogen and oxygen atoms in total. The minimum Gasteiger partial charge on any atom is -0.0745 e. The first-order valence-electron chi connectivity index (χ1n) is 3.99. The Kier molecular flexibility index (Phi) is 0.964. The third-order valence-electron chi connectivity index (χ3n) is 2.58. The Morgan fingerprint density at radius 3 is 1.90 bits per heavy atom. The molecule has 1 saturated carbocycles. The molecule has 0 heteroatoms. The second kappa shape index (κ2) is 1.55. The predicted molar refractivity (Wildman–Crippen MR) is 43.7 cm³/mol. The summed E-state index contributed by atoms with van der Waals surface area (Å²) in [5.41, 5.74) is 1.09. The molecule has 1 spiro atoms. The van der Waals surface area contributed by atoms with Crippen LogP contribution < -0.4 is 0 Å². The summed E-state index contributed by atoms with van der Waals surface area (Å²) in [6.07, 6.45) is 11.7. The molecular formula is C10H14. The lowest BCUT2D eigenvalue weighted by atomic mass is 9.55. The highest BCUT2D eigenvalue weighted by Crippen LogP contribution is 2.57. The van der Waals surface area contributed by atoms with Gasteiger partial charge in [-0.1, -0.05) is 38.2 Å². The van der Waals surface area contributed by atoms with Crippen LogP contribution >= 0.6 is 0 Å². The molecule has 2 rings (SSSR count). The molecule has 0 bridgehead atoms. The average Bonchev–Trinajstić information content (AvgIpc) is 2.10. The van der Waals surface area contributed by atoms with Crippen LogP contribution in [0, 0.1) is 10.8 Å². The predicted octanol–water partition coefficient (Wildman–Crippen LogP) is 2.92. The first kappa shape index (κ1) is 6.21. The van der Waals surface area contributed by atoms with Crippen LogP contribution in [0.4, 0.5) is 0 Å². The maximum atomic E-state index is 2.35. The topological polar surface area (TPSA) is 0 Å².